The maximum absolute atomic E-state index is 11.8. The van der Waals surface area contributed by atoms with Crippen molar-refractivity contribution in [3.63, 3.8) is 0 Å². The molecule has 1 unspecified atom stereocenters. The summed E-state index contributed by atoms with van der Waals surface area (Å²) < 4.78 is 22.5. The topological polar surface area (TPSA) is 101 Å². The predicted molar refractivity (Wildman–Crippen MR) is 74.5 cm³/mol. The fourth-order valence-electron chi connectivity index (χ4n) is 1.43. The number of hydrogen-bond acceptors (Lipinski definition) is 4. The Kier molecular flexibility index (Phi) is 5.30. The lowest BCUT2D eigenvalue weighted by molar-refractivity contribution is -0.119. The summed E-state index contributed by atoms with van der Waals surface area (Å²) >= 11 is 5.91. The van der Waals surface area contributed by atoms with Gasteiger partial charge in [-0.15, -0.1) is 0 Å². The molecule has 0 aliphatic carbocycles. The number of primary sulfonamides is 1. The number of hydrogen-bond donors (Lipinski definition) is 3. The number of benzene rings is 1. The van der Waals surface area contributed by atoms with Crippen molar-refractivity contribution in [1.29, 1.82) is 0 Å². The molecule has 1 rings (SSSR count). The zero-order valence-electron chi connectivity index (χ0n) is 10.6. The molecule has 0 heterocycles. The van der Waals surface area contributed by atoms with Crippen molar-refractivity contribution in [2.75, 3.05) is 18.9 Å². The zero-order valence-corrected chi connectivity index (χ0v) is 12.2. The Morgan fingerprint density at radius 3 is 2.63 bits per heavy atom. The van der Waals surface area contributed by atoms with E-state index in [1.165, 1.54) is 18.2 Å². The Morgan fingerprint density at radius 2 is 2.11 bits per heavy atom. The molecule has 0 bridgehead atoms. The zero-order chi connectivity index (χ0) is 14.6. The molecule has 1 aromatic rings. The highest BCUT2D eigenvalue weighted by Crippen LogP contribution is 2.25. The number of carbonyl (C=O) groups excluding carboxylic acids is 1. The maximum Gasteiger partial charge on any atom is 0.238 e. The van der Waals surface area contributed by atoms with E-state index in [1.54, 1.807) is 14.0 Å². The molecular formula is C11H16ClN3O3S. The van der Waals surface area contributed by atoms with Crippen molar-refractivity contribution in [1.82, 2.24) is 5.32 Å². The molecule has 0 radical (unpaired) electrons. The van der Waals surface area contributed by atoms with Crippen LogP contribution in [0.5, 0.6) is 0 Å². The van der Waals surface area contributed by atoms with Gasteiger partial charge in [0.1, 0.15) is 0 Å². The lowest BCUT2D eigenvalue weighted by atomic mass is 10.1. The minimum absolute atomic E-state index is 0.103. The van der Waals surface area contributed by atoms with Crippen molar-refractivity contribution in [2.45, 2.75) is 11.8 Å². The third-order valence-corrected chi connectivity index (χ3v) is 3.72. The Morgan fingerprint density at radius 1 is 1.47 bits per heavy atom. The Balaban J connectivity index is 2.98. The highest BCUT2D eigenvalue weighted by molar-refractivity contribution is 7.89. The largest absolute Gasteiger partial charge is 0.324 e. The summed E-state index contributed by atoms with van der Waals surface area (Å²) in [5, 5.41) is 10.7. The monoisotopic (exact) mass is 305 g/mol. The molecule has 19 heavy (non-hydrogen) atoms. The van der Waals surface area contributed by atoms with E-state index in [1.807, 2.05) is 0 Å². The molecule has 1 aromatic carbocycles. The standard InChI is InChI=1S/C11H16ClN3O3S/c1-7(6-14-2)11(16)15-10-5-8(19(13,17)18)3-4-9(10)12/h3-5,7,14H,6H2,1-2H3,(H,15,16)(H2,13,17,18). The molecule has 1 atom stereocenters. The van der Waals surface area contributed by atoms with Gasteiger partial charge >= 0.3 is 0 Å². The third kappa shape index (κ3) is 4.46. The number of halogens is 1. The molecule has 4 N–H and O–H groups in total. The second kappa shape index (κ2) is 6.33. The maximum atomic E-state index is 11.8. The van der Waals surface area contributed by atoms with Gasteiger partial charge in [0, 0.05) is 12.5 Å². The summed E-state index contributed by atoms with van der Waals surface area (Å²) in [5.74, 6) is -0.540. The molecule has 0 aliphatic heterocycles. The van der Waals surface area contributed by atoms with Crippen LogP contribution in [0.25, 0.3) is 0 Å². The first-order chi connectivity index (χ1) is 8.75. The second-order valence-corrected chi connectivity index (χ2v) is 6.10. The van der Waals surface area contributed by atoms with Crippen LogP contribution in [0.1, 0.15) is 6.92 Å². The van der Waals surface area contributed by atoms with Gasteiger partial charge in [0.05, 0.1) is 15.6 Å². The van der Waals surface area contributed by atoms with Crippen molar-refractivity contribution in [2.24, 2.45) is 11.1 Å². The number of nitrogens with two attached hydrogens (primary N) is 1. The van der Waals surface area contributed by atoms with Gasteiger partial charge in [0.15, 0.2) is 0 Å². The van der Waals surface area contributed by atoms with E-state index in [-0.39, 0.29) is 27.4 Å². The molecule has 0 saturated heterocycles. The first-order valence-electron chi connectivity index (χ1n) is 5.53. The number of anilines is 1. The molecule has 0 fully saturated rings. The Labute approximate surface area is 117 Å². The molecule has 1 amide bonds. The van der Waals surface area contributed by atoms with E-state index in [0.29, 0.717) is 6.54 Å². The van der Waals surface area contributed by atoms with E-state index in [2.05, 4.69) is 10.6 Å². The van der Waals surface area contributed by atoms with Gasteiger partial charge in [-0.3, -0.25) is 4.79 Å². The number of carbonyl (C=O) groups is 1. The fraction of sp³-hybridized carbons (Fsp3) is 0.364. The van der Waals surface area contributed by atoms with E-state index in [9.17, 15) is 13.2 Å². The summed E-state index contributed by atoms with van der Waals surface area (Å²) in [7, 11) is -2.10. The van der Waals surface area contributed by atoms with Crippen LogP contribution in [0.3, 0.4) is 0 Å². The van der Waals surface area contributed by atoms with Gasteiger partial charge in [0.2, 0.25) is 15.9 Å². The molecule has 0 saturated carbocycles. The number of rotatable bonds is 5. The van der Waals surface area contributed by atoms with Crippen molar-refractivity contribution >= 4 is 33.2 Å². The Bertz CT molecular complexity index is 575. The van der Waals surface area contributed by atoms with Crippen LogP contribution >= 0.6 is 11.6 Å². The van der Waals surface area contributed by atoms with Crippen LogP contribution in [-0.4, -0.2) is 27.9 Å². The van der Waals surface area contributed by atoms with E-state index in [0.717, 1.165) is 0 Å². The summed E-state index contributed by atoms with van der Waals surface area (Å²) in [6, 6.07) is 3.89. The quantitative estimate of drug-likeness (QED) is 0.748. The SMILES string of the molecule is CNCC(C)C(=O)Nc1cc(S(N)(=O)=O)ccc1Cl. The molecule has 8 heteroatoms. The fourth-order valence-corrected chi connectivity index (χ4v) is 2.14. The smallest absolute Gasteiger partial charge is 0.238 e. The van der Waals surface area contributed by atoms with Gasteiger partial charge in [-0.25, -0.2) is 13.6 Å². The summed E-state index contributed by atoms with van der Waals surface area (Å²) in [5.41, 5.74) is 0.223. The summed E-state index contributed by atoms with van der Waals surface area (Å²) in [6.45, 7) is 2.24. The molecule has 0 aliphatic rings. The third-order valence-electron chi connectivity index (χ3n) is 2.48. The molecular weight excluding hydrogens is 290 g/mol. The number of nitrogens with one attached hydrogen (secondary N) is 2. The van der Waals surface area contributed by atoms with E-state index < -0.39 is 10.0 Å². The van der Waals surface area contributed by atoms with Crippen LogP contribution in [0.2, 0.25) is 5.02 Å². The van der Waals surface area contributed by atoms with Crippen LogP contribution in [0.15, 0.2) is 23.1 Å². The minimum atomic E-state index is -3.83. The van der Waals surface area contributed by atoms with Crippen molar-refractivity contribution < 1.29 is 13.2 Å². The highest BCUT2D eigenvalue weighted by atomic mass is 35.5. The number of amides is 1. The van der Waals surface area contributed by atoms with Crippen LogP contribution in [-0.2, 0) is 14.8 Å². The van der Waals surface area contributed by atoms with E-state index in [4.69, 9.17) is 16.7 Å². The van der Waals surface area contributed by atoms with Crippen LogP contribution < -0.4 is 15.8 Å². The second-order valence-electron chi connectivity index (χ2n) is 4.13. The van der Waals surface area contributed by atoms with Gasteiger partial charge < -0.3 is 10.6 Å². The first-order valence-corrected chi connectivity index (χ1v) is 7.46. The van der Waals surface area contributed by atoms with Crippen molar-refractivity contribution in [3.8, 4) is 0 Å². The molecule has 0 aromatic heterocycles. The van der Waals surface area contributed by atoms with Gasteiger partial charge in [-0.2, -0.15) is 0 Å². The van der Waals surface area contributed by atoms with Crippen molar-refractivity contribution in [3.05, 3.63) is 23.2 Å². The van der Waals surface area contributed by atoms with Gasteiger partial charge in [-0.1, -0.05) is 18.5 Å². The van der Waals surface area contributed by atoms with Crippen LogP contribution in [0.4, 0.5) is 5.69 Å². The van der Waals surface area contributed by atoms with Gasteiger partial charge in [0.25, 0.3) is 0 Å². The lowest BCUT2D eigenvalue weighted by Crippen LogP contribution is -2.28. The minimum Gasteiger partial charge on any atom is -0.324 e. The van der Waals surface area contributed by atoms with Crippen LogP contribution in [0, 0.1) is 5.92 Å². The molecule has 6 nitrogen and oxygen atoms in total. The Hall–Kier alpha value is -1.15. The number of sulfonamides is 1. The average molecular weight is 306 g/mol. The predicted octanol–water partition coefficient (Wildman–Crippen LogP) is 0.781. The lowest BCUT2D eigenvalue weighted by Gasteiger charge is -2.13. The van der Waals surface area contributed by atoms with Gasteiger partial charge in [-0.05, 0) is 25.2 Å². The first kappa shape index (κ1) is 15.9. The normalized spacial score (nSPS) is 13.1. The average Bonchev–Trinajstić information content (AvgIpc) is 2.30. The highest BCUT2D eigenvalue weighted by Gasteiger charge is 2.16. The molecule has 0 spiro atoms. The summed E-state index contributed by atoms with van der Waals surface area (Å²) in [4.78, 5) is 11.7. The summed E-state index contributed by atoms with van der Waals surface area (Å²) in [6.07, 6.45) is 0. The van der Waals surface area contributed by atoms with E-state index >= 15 is 0 Å². The molecule has 106 valence electrons.